The molecule has 3 aliphatic rings. The molecular formula is C23H22N4O4. The van der Waals surface area contributed by atoms with Gasteiger partial charge in [0.2, 0.25) is 0 Å². The number of ether oxygens (including phenoxy) is 1. The number of hydrogen-bond acceptors (Lipinski definition) is 5. The fourth-order valence-corrected chi connectivity index (χ4v) is 5.20. The Balaban J connectivity index is 1.62. The van der Waals surface area contributed by atoms with Gasteiger partial charge in [-0.05, 0) is 37.4 Å². The van der Waals surface area contributed by atoms with Crippen molar-refractivity contribution in [3.63, 3.8) is 0 Å². The SMILES string of the molecule is O=c1n(-c2ccccc2)c(=O)n2n1CC=C1C2c2ccc(O)cc2OC12CCNCC2. The van der Waals surface area contributed by atoms with Crippen LogP contribution in [0.5, 0.6) is 11.5 Å². The molecule has 1 fully saturated rings. The summed E-state index contributed by atoms with van der Waals surface area (Å²) in [5, 5.41) is 13.5. The molecule has 0 saturated carbocycles. The van der Waals surface area contributed by atoms with E-state index in [1.807, 2.05) is 24.3 Å². The van der Waals surface area contributed by atoms with Gasteiger partial charge in [0, 0.05) is 30.0 Å². The third kappa shape index (κ3) is 2.51. The largest absolute Gasteiger partial charge is 0.508 e. The number of phenols is 1. The molecule has 4 heterocycles. The Kier molecular flexibility index (Phi) is 3.82. The van der Waals surface area contributed by atoms with Crippen LogP contribution in [-0.2, 0) is 6.54 Å². The predicted molar refractivity (Wildman–Crippen MR) is 114 cm³/mol. The molecule has 158 valence electrons. The van der Waals surface area contributed by atoms with Crippen molar-refractivity contribution in [2.24, 2.45) is 0 Å². The number of rotatable bonds is 1. The average molecular weight is 418 g/mol. The second kappa shape index (κ2) is 6.49. The minimum atomic E-state index is -0.563. The van der Waals surface area contributed by atoms with E-state index >= 15 is 0 Å². The lowest BCUT2D eigenvalue weighted by Gasteiger charge is -2.48. The maximum absolute atomic E-state index is 13.6. The van der Waals surface area contributed by atoms with E-state index in [1.165, 1.54) is 9.25 Å². The molecule has 0 aliphatic carbocycles. The average Bonchev–Trinajstić information content (AvgIpc) is 3.05. The van der Waals surface area contributed by atoms with Crippen LogP contribution in [0.15, 0.2) is 69.8 Å². The van der Waals surface area contributed by atoms with Crippen LogP contribution in [0.1, 0.15) is 24.4 Å². The van der Waals surface area contributed by atoms with E-state index in [1.54, 1.807) is 35.0 Å². The maximum Gasteiger partial charge on any atom is 0.352 e. The third-order valence-electron chi connectivity index (χ3n) is 6.63. The summed E-state index contributed by atoms with van der Waals surface area (Å²) in [6.45, 7) is 1.90. The molecule has 8 nitrogen and oxygen atoms in total. The number of allylic oxidation sites excluding steroid dienone is 1. The van der Waals surface area contributed by atoms with Gasteiger partial charge in [-0.25, -0.2) is 23.5 Å². The summed E-state index contributed by atoms with van der Waals surface area (Å²) in [4.78, 5) is 26.9. The lowest BCUT2D eigenvalue weighted by molar-refractivity contribution is 0.0467. The minimum absolute atomic E-state index is 0.109. The molecule has 31 heavy (non-hydrogen) atoms. The van der Waals surface area contributed by atoms with Crippen molar-refractivity contribution in [3.8, 4) is 17.2 Å². The zero-order valence-corrected chi connectivity index (χ0v) is 16.8. The monoisotopic (exact) mass is 418 g/mol. The molecule has 2 N–H and O–H groups in total. The fraction of sp³-hybridized carbons (Fsp3) is 0.304. The van der Waals surface area contributed by atoms with Gasteiger partial charge in [0.05, 0.1) is 12.2 Å². The van der Waals surface area contributed by atoms with Crippen molar-refractivity contribution in [1.29, 1.82) is 0 Å². The highest BCUT2D eigenvalue weighted by Gasteiger charge is 2.49. The number of para-hydroxylation sites is 1. The molecule has 1 unspecified atom stereocenters. The molecule has 2 aromatic carbocycles. The van der Waals surface area contributed by atoms with E-state index in [0.29, 0.717) is 18.0 Å². The summed E-state index contributed by atoms with van der Waals surface area (Å²) < 4.78 is 10.8. The molecule has 8 heteroatoms. The predicted octanol–water partition coefficient (Wildman–Crippen LogP) is 1.55. The number of piperidine rings is 1. The molecule has 0 radical (unpaired) electrons. The van der Waals surface area contributed by atoms with Crippen LogP contribution in [0.3, 0.4) is 0 Å². The first-order valence-electron chi connectivity index (χ1n) is 10.5. The summed E-state index contributed by atoms with van der Waals surface area (Å²) in [7, 11) is 0. The smallest absolute Gasteiger partial charge is 0.352 e. The number of benzene rings is 2. The molecule has 1 saturated heterocycles. The Morgan fingerprint density at radius 3 is 2.58 bits per heavy atom. The highest BCUT2D eigenvalue weighted by Crippen LogP contribution is 2.50. The lowest BCUT2D eigenvalue weighted by atomic mass is 9.75. The van der Waals surface area contributed by atoms with Crippen LogP contribution >= 0.6 is 0 Å². The summed E-state index contributed by atoms with van der Waals surface area (Å²) in [6.07, 6.45) is 3.55. The van der Waals surface area contributed by atoms with Crippen LogP contribution in [0.4, 0.5) is 0 Å². The topological polar surface area (TPSA) is 90.4 Å². The molecule has 1 aromatic heterocycles. The van der Waals surface area contributed by atoms with E-state index in [-0.39, 0.29) is 17.1 Å². The second-order valence-electron chi connectivity index (χ2n) is 8.29. The van der Waals surface area contributed by atoms with Crippen LogP contribution in [0.25, 0.3) is 5.69 Å². The first kappa shape index (κ1) is 18.3. The first-order valence-corrected chi connectivity index (χ1v) is 10.5. The molecular weight excluding hydrogens is 396 g/mol. The van der Waals surface area contributed by atoms with Gasteiger partial charge in [-0.1, -0.05) is 24.3 Å². The van der Waals surface area contributed by atoms with E-state index in [4.69, 9.17) is 4.74 Å². The Hall–Kier alpha value is -3.52. The number of hydrogen-bond donors (Lipinski definition) is 2. The normalized spacial score (nSPS) is 20.9. The van der Waals surface area contributed by atoms with Gasteiger partial charge in [-0.15, -0.1) is 0 Å². The van der Waals surface area contributed by atoms with Crippen molar-refractivity contribution in [2.75, 3.05) is 13.1 Å². The van der Waals surface area contributed by atoms with E-state index in [9.17, 15) is 14.7 Å². The quantitative estimate of drug-likeness (QED) is 0.586. The Morgan fingerprint density at radius 1 is 1.03 bits per heavy atom. The lowest BCUT2D eigenvalue weighted by Crippen LogP contribution is -2.54. The van der Waals surface area contributed by atoms with Crippen LogP contribution in [0, 0.1) is 0 Å². The molecule has 3 aliphatic heterocycles. The summed E-state index contributed by atoms with van der Waals surface area (Å²) >= 11 is 0. The maximum atomic E-state index is 13.6. The number of aromatic nitrogens is 3. The number of phenolic OH excluding ortho intramolecular Hbond substituents is 1. The number of nitrogens with one attached hydrogen (secondary N) is 1. The van der Waals surface area contributed by atoms with Gasteiger partial charge >= 0.3 is 11.4 Å². The molecule has 6 rings (SSSR count). The molecule has 0 bridgehead atoms. The second-order valence-corrected chi connectivity index (χ2v) is 8.29. The van der Waals surface area contributed by atoms with Crippen molar-refractivity contribution < 1.29 is 9.84 Å². The Morgan fingerprint density at radius 2 is 1.81 bits per heavy atom. The fourth-order valence-electron chi connectivity index (χ4n) is 5.20. The molecule has 1 spiro atoms. The molecule has 0 amide bonds. The van der Waals surface area contributed by atoms with E-state index in [0.717, 1.165) is 37.1 Å². The van der Waals surface area contributed by atoms with Gasteiger partial charge in [-0.3, -0.25) is 0 Å². The zero-order chi connectivity index (χ0) is 21.2. The van der Waals surface area contributed by atoms with E-state index in [2.05, 4.69) is 5.32 Å². The molecule has 3 aromatic rings. The van der Waals surface area contributed by atoms with Crippen LogP contribution in [-0.4, -0.2) is 37.7 Å². The summed E-state index contributed by atoms with van der Waals surface area (Å²) in [6, 6.07) is 13.5. The first-order chi connectivity index (χ1) is 15.1. The molecule has 1 atom stereocenters. The zero-order valence-electron chi connectivity index (χ0n) is 16.8. The van der Waals surface area contributed by atoms with Crippen molar-refractivity contribution in [3.05, 3.63) is 86.7 Å². The van der Waals surface area contributed by atoms with Gasteiger partial charge in [0.1, 0.15) is 23.1 Å². The number of aromatic hydroxyl groups is 1. The van der Waals surface area contributed by atoms with Gasteiger partial charge in [0.15, 0.2) is 0 Å². The van der Waals surface area contributed by atoms with Gasteiger partial charge < -0.3 is 15.2 Å². The van der Waals surface area contributed by atoms with Crippen LogP contribution in [0.2, 0.25) is 0 Å². The van der Waals surface area contributed by atoms with Crippen molar-refractivity contribution >= 4 is 0 Å². The van der Waals surface area contributed by atoms with Crippen LogP contribution < -0.4 is 21.4 Å². The van der Waals surface area contributed by atoms with Crippen molar-refractivity contribution in [2.45, 2.75) is 31.0 Å². The Bertz CT molecular complexity index is 1330. The highest BCUT2D eigenvalue weighted by molar-refractivity contribution is 5.51. The Labute approximate surface area is 177 Å². The number of nitrogens with zero attached hydrogens (tertiary/aromatic N) is 3. The standard InChI is InChI=1S/C23H22N4O4/c28-16-6-7-17-19(14-16)31-23(9-11-24-12-10-23)18-8-13-25-21(29)26(15-4-2-1-3-5-15)22(30)27(25)20(17)18/h1-8,14,20,24,28H,9-13H2. The number of fused-ring (bicyclic) bond motifs is 6. The van der Waals surface area contributed by atoms with Gasteiger partial charge in [0.25, 0.3) is 0 Å². The minimum Gasteiger partial charge on any atom is -0.508 e. The summed E-state index contributed by atoms with van der Waals surface area (Å²) in [5.74, 6) is 0.668. The third-order valence-corrected chi connectivity index (χ3v) is 6.63. The summed E-state index contributed by atoms with van der Waals surface area (Å²) in [5.41, 5.74) is 1.03. The highest BCUT2D eigenvalue weighted by atomic mass is 16.5. The van der Waals surface area contributed by atoms with Gasteiger partial charge in [-0.2, -0.15) is 0 Å². The van der Waals surface area contributed by atoms with Crippen molar-refractivity contribution in [1.82, 2.24) is 19.2 Å². The van der Waals surface area contributed by atoms with E-state index < -0.39 is 11.6 Å².